The quantitative estimate of drug-likeness (QED) is 0.0491. The van der Waals surface area contributed by atoms with Crippen LogP contribution in [0.5, 0.6) is 0 Å². The first-order valence-electron chi connectivity index (χ1n) is 16.9. The number of carbonyl (C=O) groups excluding carboxylic acids is 2. The SMILES string of the molecule is CC(C)(CCCCCN1c2cccc3cccc(c23)S1(=O)=O)C(=O)NO.O=C(NO)C(Cl)CCCCCN1c2cccc3cccc(c23)S1(=O)=O. The minimum Gasteiger partial charge on any atom is -0.289 e. The zero-order valence-corrected chi connectivity index (χ0v) is 30.9. The molecule has 0 aromatic heterocycles. The summed E-state index contributed by atoms with van der Waals surface area (Å²) in [4.78, 5) is 23.4. The molecule has 0 radical (unpaired) electrons. The second-order valence-corrected chi connectivity index (χ2v) is 17.5. The maximum absolute atomic E-state index is 12.9. The number of unbranched alkanes of at least 4 members (excludes halogenated alkanes) is 4. The highest BCUT2D eigenvalue weighted by Gasteiger charge is 2.36. The third-order valence-corrected chi connectivity index (χ3v) is 13.6. The molecule has 0 fully saturated rings. The number of halogens is 1. The molecule has 0 bridgehead atoms. The van der Waals surface area contributed by atoms with E-state index in [0.29, 0.717) is 55.0 Å². The number of rotatable bonds is 14. The summed E-state index contributed by atoms with van der Waals surface area (Å²) in [5.41, 5.74) is 4.05. The van der Waals surface area contributed by atoms with E-state index in [1.807, 2.05) is 48.5 Å². The van der Waals surface area contributed by atoms with Crippen molar-refractivity contribution in [1.82, 2.24) is 11.0 Å². The van der Waals surface area contributed by atoms with E-state index < -0.39 is 42.7 Å². The summed E-state index contributed by atoms with van der Waals surface area (Å²) in [6.45, 7) is 4.36. The van der Waals surface area contributed by atoms with Crippen LogP contribution in [0.15, 0.2) is 82.6 Å². The van der Waals surface area contributed by atoms with Crippen molar-refractivity contribution in [2.24, 2.45) is 5.41 Å². The fraction of sp³-hybridized carbons (Fsp3) is 0.389. The molecule has 2 amide bonds. The van der Waals surface area contributed by atoms with E-state index in [1.165, 1.54) is 14.1 Å². The van der Waals surface area contributed by atoms with Gasteiger partial charge in [0.05, 0.1) is 21.2 Å². The molecule has 0 saturated carbocycles. The van der Waals surface area contributed by atoms with Gasteiger partial charge in [-0.05, 0) is 60.7 Å². The number of alkyl halides is 1. The average Bonchev–Trinajstić information content (AvgIpc) is 3.48. The van der Waals surface area contributed by atoms with Crippen molar-refractivity contribution in [1.29, 1.82) is 0 Å². The van der Waals surface area contributed by atoms with Gasteiger partial charge >= 0.3 is 0 Å². The third-order valence-electron chi connectivity index (χ3n) is 9.46. The Balaban J connectivity index is 0.000000198. The zero-order valence-electron chi connectivity index (χ0n) is 28.5. The lowest BCUT2D eigenvalue weighted by Crippen LogP contribution is -2.34. The molecule has 51 heavy (non-hydrogen) atoms. The maximum atomic E-state index is 12.9. The monoisotopic (exact) mass is 758 g/mol. The molecule has 2 aliphatic rings. The van der Waals surface area contributed by atoms with Crippen molar-refractivity contribution >= 4 is 76.4 Å². The summed E-state index contributed by atoms with van der Waals surface area (Å²) < 4.78 is 54.3. The van der Waals surface area contributed by atoms with Crippen LogP contribution in [-0.2, 0) is 29.6 Å². The highest BCUT2D eigenvalue weighted by atomic mass is 35.5. The fourth-order valence-corrected chi connectivity index (χ4v) is 10.3. The summed E-state index contributed by atoms with van der Waals surface area (Å²) in [5.74, 6) is -1.02. The van der Waals surface area contributed by atoms with Crippen molar-refractivity contribution in [2.75, 3.05) is 21.7 Å². The molecule has 4 aromatic carbocycles. The van der Waals surface area contributed by atoms with E-state index in [-0.39, 0.29) is 0 Å². The lowest BCUT2D eigenvalue weighted by molar-refractivity contribution is -0.138. The third kappa shape index (κ3) is 7.80. The molecule has 2 aliphatic heterocycles. The topological polar surface area (TPSA) is 173 Å². The standard InChI is InChI=1S/C19H24N2O4S.C17H19ClN2O4S/c1-19(2,18(22)20-23)12-4-3-5-13-21-15-10-6-8-14-9-7-11-16(17(14)15)26(21,24)25;18-13(17(21)19-22)8-2-1-3-11-20-14-9-4-6-12-7-5-10-15(16(12)14)25(20,23)24/h6-11,23H,3-5,12-13H2,1-2H3,(H,20,22);4-7,9-10,13,22H,1-3,8,11H2,(H,19,21). The molecule has 4 aromatic rings. The van der Waals surface area contributed by atoms with E-state index in [1.54, 1.807) is 43.6 Å². The van der Waals surface area contributed by atoms with Gasteiger partial charge < -0.3 is 0 Å². The number of hydrogen-bond donors (Lipinski definition) is 4. The molecular formula is C36H43ClN4O8S2. The minimum atomic E-state index is -3.51. The predicted octanol–water partition coefficient (Wildman–Crippen LogP) is 6.46. The number of amides is 2. The number of benzene rings is 4. The number of hydroxylamine groups is 2. The van der Waals surface area contributed by atoms with E-state index in [2.05, 4.69) is 0 Å². The van der Waals surface area contributed by atoms with Crippen LogP contribution in [-0.4, -0.2) is 57.5 Å². The molecule has 4 N–H and O–H groups in total. The van der Waals surface area contributed by atoms with Crippen LogP contribution < -0.4 is 19.6 Å². The van der Waals surface area contributed by atoms with Gasteiger partial charge in [-0.25, -0.2) is 27.8 Å². The summed E-state index contributed by atoms with van der Waals surface area (Å²) in [7, 11) is -7.00. The van der Waals surface area contributed by atoms with Gasteiger partial charge in [-0.2, -0.15) is 0 Å². The molecule has 1 unspecified atom stereocenters. The average molecular weight is 759 g/mol. The molecule has 0 saturated heterocycles. The maximum Gasteiger partial charge on any atom is 0.265 e. The molecule has 0 spiro atoms. The normalized spacial score (nSPS) is 15.8. The second-order valence-electron chi connectivity index (χ2n) is 13.3. The Morgan fingerprint density at radius 3 is 1.59 bits per heavy atom. The smallest absolute Gasteiger partial charge is 0.265 e. The van der Waals surface area contributed by atoms with Crippen molar-refractivity contribution in [3.63, 3.8) is 0 Å². The van der Waals surface area contributed by atoms with Gasteiger partial charge in [0.1, 0.15) is 5.38 Å². The largest absolute Gasteiger partial charge is 0.289 e. The Morgan fingerprint density at radius 1 is 0.686 bits per heavy atom. The number of anilines is 2. The number of hydrogen-bond acceptors (Lipinski definition) is 8. The zero-order chi connectivity index (χ0) is 37.0. The van der Waals surface area contributed by atoms with E-state index in [9.17, 15) is 26.4 Å². The number of sulfonamides is 2. The van der Waals surface area contributed by atoms with E-state index in [0.717, 1.165) is 52.2 Å². The minimum absolute atomic E-state index is 0.362. The highest BCUT2D eigenvalue weighted by Crippen LogP contribution is 2.43. The van der Waals surface area contributed by atoms with Crippen molar-refractivity contribution < 1.29 is 36.8 Å². The molecule has 15 heteroatoms. The van der Waals surface area contributed by atoms with Crippen LogP contribution >= 0.6 is 11.6 Å². The van der Waals surface area contributed by atoms with Gasteiger partial charge in [-0.1, -0.05) is 88.1 Å². The molecule has 1 atom stereocenters. The van der Waals surface area contributed by atoms with Crippen molar-refractivity contribution in [3.8, 4) is 0 Å². The Hall–Kier alpha value is -3.95. The van der Waals surface area contributed by atoms with Crippen molar-refractivity contribution in [3.05, 3.63) is 72.8 Å². The Labute approximate surface area is 303 Å². The Morgan fingerprint density at radius 2 is 1.14 bits per heavy atom. The lowest BCUT2D eigenvalue weighted by atomic mass is 9.86. The first-order valence-corrected chi connectivity index (χ1v) is 20.2. The number of carbonyl (C=O) groups is 2. The van der Waals surface area contributed by atoms with Gasteiger partial charge in [0, 0.05) is 29.3 Å². The molecular weight excluding hydrogens is 716 g/mol. The van der Waals surface area contributed by atoms with Crippen molar-refractivity contribution in [2.45, 2.75) is 80.4 Å². The van der Waals surface area contributed by atoms with Crippen LogP contribution in [0.25, 0.3) is 21.5 Å². The summed E-state index contributed by atoms with van der Waals surface area (Å²) in [5, 5.41) is 19.9. The van der Waals surface area contributed by atoms with Gasteiger partial charge in [-0.3, -0.25) is 28.6 Å². The summed E-state index contributed by atoms with van der Waals surface area (Å²) >= 11 is 5.82. The predicted molar refractivity (Wildman–Crippen MR) is 197 cm³/mol. The first kappa shape index (κ1) is 38.3. The highest BCUT2D eigenvalue weighted by molar-refractivity contribution is 7.93. The Kier molecular flexibility index (Phi) is 11.8. The molecule has 0 aliphatic carbocycles. The Bertz CT molecular complexity index is 2130. The molecule has 12 nitrogen and oxygen atoms in total. The van der Waals surface area contributed by atoms with Gasteiger partial charge in [-0.15, -0.1) is 11.6 Å². The van der Waals surface area contributed by atoms with E-state index >= 15 is 0 Å². The van der Waals surface area contributed by atoms with Crippen LogP contribution in [0.2, 0.25) is 0 Å². The molecule has 6 rings (SSSR count). The number of nitrogens with one attached hydrogen (secondary N) is 2. The lowest BCUT2D eigenvalue weighted by Gasteiger charge is -2.22. The van der Waals surface area contributed by atoms with Gasteiger partial charge in [0.15, 0.2) is 0 Å². The molecule has 2 heterocycles. The van der Waals surface area contributed by atoms with Crippen LogP contribution in [0.4, 0.5) is 11.4 Å². The van der Waals surface area contributed by atoms with Crippen LogP contribution in [0.3, 0.4) is 0 Å². The second kappa shape index (κ2) is 15.7. The van der Waals surface area contributed by atoms with Crippen LogP contribution in [0.1, 0.15) is 65.2 Å². The van der Waals surface area contributed by atoms with E-state index in [4.69, 9.17) is 22.0 Å². The summed E-state index contributed by atoms with van der Waals surface area (Å²) in [6, 6.07) is 21.9. The van der Waals surface area contributed by atoms with Gasteiger partial charge in [0.25, 0.3) is 26.0 Å². The van der Waals surface area contributed by atoms with Gasteiger partial charge in [0.2, 0.25) is 5.91 Å². The summed E-state index contributed by atoms with van der Waals surface area (Å²) in [6.07, 6.45) is 5.42. The fourth-order valence-electron chi connectivity index (χ4n) is 6.62. The molecule has 274 valence electrons. The first-order chi connectivity index (χ1) is 24.3. The van der Waals surface area contributed by atoms with Crippen LogP contribution in [0, 0.1) is 5.41 Å². The number of nitrogens with zero attached hydrogens (tertiary/aromatic N) is 2.